The molecule has 0 saturated carbocycles. The van der Waals surface area contributed by atoms with E-state index >= 15 is 0 Å². The zero-order valence-corrected chi connectivity index (χ0v) is 11.6. The highest BCUT2D eigenvalue weighted by atomic mass is 16.3. The average Bonchev–Trinajstić information content (AvgIpc) is 2.37. The minimum absolute atomic E-state index is 0.219. The molecule has 0 bridgehead atoms. The first-order chi connectivity index (χ1) is 8.54. The Morgan fingerprint density at radius 1 is 1.39 bits per heavy atom. The number of aliphatic hydroxyl groups excluding tert-OH is 1. The molecule has 0 aliphatic heterocycles. The number of phenolic OH excluding ortho intramolecular Hbond substituents is 1. The third-order valence-corrected chi connectivity index (χ3v) is 3.52. The van der Waals surface area contributed by atoms with Crippen molar-refractivity contribution in [3.05, 3.63) is 35.9 Å². The van der Waals surface area contributed by atoms with Gasteiger partial charge in [-0.2, -0.15) is 0 Å². The van der Waals surface area contributed by atoms with Gasteiger partial charge in [0.15, 0.2) is 0 Å². The Balaban J connectivity index is 2.52. The monoisotopic (exact) mass is 248 g/mol. The van der Waals surface area contributed by atoms with Gasteiger partial charge in [0.2, 0.25) is 0 Å². The van der Waals surface area contributed by atoms with Crippen LogP contribution >= 0.6 is 0 Å². The minimum atomic E-state index is -0.219. The van der Waals surface area contributed by atoms with Gasteiger partial charge in [-0.15, -0.1) is 0 Å². The molecule has 100 valence electrons. The Labute approximate surface area is 110 Å². The van der Waals surface area contributed by atoms with Crippen molar-refractivity contribution in [2.24, 2.45) is 5.92 Å². The van der Waals surface area contributed by atoms with Gasteiger partial charge < -0.3 is 10.2 Å². The maximum Gasteiger partial charge on any atom is 0.116 e. The summed E-state index contributed by atoms with van der Waals surface area (Å²) in [4.78, 5) is 0. The summed E-state index contributed by atoms with van der Waals surface area (Å²) >= 11 is 0. The fourth-order valence-electron chi connectivity index (χ4n) is 1.90. The molecule has 2 nitrogen and oxygen atoms in total. The van der Waals surface area contributed by atoms with Gasteiger partial charge in [0, 0.05) is 0 Å². The van der Waals surface area contributed by atoms with E-state index in [1.54, 1.807) is 12.1 Å². The second-order valence-corrected chi connectivity index (χ2v) is 4.97. The molecule has 0 saturated heterocycles. The zero-order chi connectivity index (χ0) is 13.5. The Hall–Kier alpha value is -1.28. The van der Waals surface area contributed by atoms with Crippen molar-refractivity contribution in [2.45, 2.75) is 46.1 Å². The van der Waals surface area contributed by atoms with E-state index in [0.29, 0.717) is 11.7 Å². The van der Waals surface area contributed by atoms with Gasteiger partial charge in [0.05, 0.1) is 6.10 Å². The molecule has 2 atom stereocenters. The molecule has 1 rings (SSSR count). The lowest BCUT2D eigenvalue weighted by molar-refractivity contribution is 0.107. The quantitative estimate of drug-likeness (QED) is 0.799. The van der Waals surface area contributed by atoms with Crippen LogP contribution in [-0.2, 0) is 0 Å². The Kier molecular flexibility index (Phi) is 5.93. The number of rotatable bonds is 6. The third-order valence-electron chi connectivity index (χ3n) is 3.52. The predicted molar refractivity (Wildman–Crippen MR) is 76.5 cm³/mol. The molecule has 0 radical (unpaired) electrons. The summed E-state index contributed by atoms with van der Waals surface area (Å²) in [7, 11) is 0. The number of hydrogen-bond acceptors (Lipinski definition) is 2. The van der Waals surface area contributed by atoms with E-state index in [-0.39, 0.29) is 6.10 Å². The number of hydrogen-bond donors (Lipinski definition) is 2. The fraction of sp³-hybridized carbons (Fsp3) is 0.500. The summed E-state index contributed by atoms with van der Waals surface area (Å²) in [5.41, 5.74) is 2.18. The summed E-state index contributed by atoms with van der Waals surface area (Å²) in [6, 6.07) is 7.26. The summed E-state index contributed by atoms with van der Waals surface area (Å²) < 4.78 is 0. The van der Waals surface area contributed by atoms with Gasteiger partial charge in [0.25, 0.3) is 0 Å². The van der Waals surface area contributed by atoms with Gasteiger partial charge in [-0.3, -0.25) is 0 Å². The SMILES string of the molecule is CCC(C)C(O)CCC=C(C)c1cccc(O)c1. The van der Waals surface area contributed by atoms with Gasteiger partial charge >= 0.3 is 0 Å². The van der Waals surface area contributed by atoms with Crippen LogP contribution in [0.2, 0.25) is 0 Å². The smallest absolute Gasteiger partial charge is 0.116 e. The molecule has 0 aliphatic carbocycles. The Morgan fingerprint density at radius 3 is 2.72 bits per heavy atom. The van der Waals surface area contributed by atoms with Crippen molar-refractivity contribution < 1.29 is 10.2 Å². The lowest BCUT2D eigenvalue weighted by Gasteiger charge is -2.16. The molecule has 18 heavy (non-hydrogen) atoms. The van der Waals surface area contributed by atoms with Crippen LogP contribution in [0.3, 0.4) is 0 Å². The summed E-state index contributed by atoms with van der Waals surface area (Å²) in [6.07, 6.45) is 4.58. The number of aromatic hydroxyl groups is 1. The van der Waals surface area contributed by atoms with Crippen molar-refractivity contribution in [3.8, 4) is 5.75 Å². The molecule has 1 aromatic rings. The van der Waals surface area contributed by atoms with Gasteiger partial charge in [-0.25, -0.2) is 0 Å². The van der Waals surface area contributed by atoms with Gasteiger partial charge in [0.1, 0.15) is 5.75 Å². The second kappa shape index (κ2) is 7.22. The van der Waals surface area contributed by atoms with E-state index in [0.717, 1.165) is 30.4 Å². The molecule has 2 heteroatoms. The van der Waals surface area contributed by atoms with E-state index in [1.807, 2.05) is 19.1 Å². The molecule has 0 fully saturated rings. The minimum Gasteiger partial charge on any atom is -0.508 e. The lowest BCUT2D eigenvalue weighted by Crippen LogP contribution is -2.16. The van der Waals surface area contributed by atoms with Crippen LogP contribution in [0.15, 0.2) is 30.3 Å². The molecule has 0 aromatic heterocycles. The molecule has 2 unspecified atom stereocenters. The zero-order valence-electron chi connectivity index (χ0n) is 11.6. The maximum absolute atomic E-state index is 9.88. The standard InChI is InChI=1S/C16H24O2/c1-4-12(2)16(18)10-5-7-13(3)14-8-6-9-15(17)11-14/h6-9,11-12,16-18H,4-5,10H2,1-3H3. The van der Waals surface area contributed by atoms with E-state index in [1.165, 1.54) is 0 Å². The van der Waals surface area contributed by atoms with E-state index < -0.39 is 0 Å². The first kappa shape index (κ1) is 14.8. The normalized spacial score (nSPS) is 15.4. The first-order valence-electron chi connectivity index (χ1n) is 6.68. The molecular formula is C16H24O2. The number of allylic oxidation sites excluding steroid dienone is 2. The Bertz CT molecular complexity index is 396. The van der Waals surface area contributed by atoms with Crippen molar-refractivity contribution >= 4 is 5.57 Å². The van der Waals surface area contributed by atoms with Crippen LogP contribution in [0.25, 0.3) is 5.57 Å². The molecule has 0 spiro atoms. The van der Waals surface area contributed by atoms with Crippen LogP contribution in [0.5, 0.6) is 5.75 Å². The summed E-state index contributed by atoms with van der Waals surface area (Å²) in [5, 5.41) is 19.3. The van der Waals surface area contributed by atoms with E-state index in [2.05, 4.69) is 19.9 Å². The number of phenols is 1. The average molecular weight is 248 g/mol. The van der Waals surface area contributed by atoms with Crippen LogP contribution in [-0.4, -0.2) is 16.3 Å². The highest BCUT2D eigenvalue weighted by Crippen LogP contribution is 2.20. The molecule has 0 heterocycles. The Morgan fingerprint density at radius 2 is 2.11 bits per heavy atom. The summed E-state index contributed by atoms with van der Waals surface area (Å²) in [6.45, 7) is 6.21. The second-order valence-electron chi connectivity index (χ2n) is 4.97. The number of benzene rings is 1. The highest BCUT2D eigenvalue weighted by molar-refractivity contribution is 5.64. The first-order valence-corrected chi connectivity index (χ1v) is 6.68. The molecule has 1 aromatic carbocycles. The highest BCUT2D eigenvalue weighted by Gasteiger charge is 2.10. The largest absolute Gasteiger partial charge is 0.508 e. The molecular weight excluding hydrogens is 224 g/mol. The van der Waals surface area contributed by atoms with E-state index in [9.17, 15) is 10.2 Å². The van der Waals surface area contributed by atoms with Crippen LogP contribution in [0.4, 0.5) is 0 Å². The van der Waals surface area contributed by atoms with Crippen LogP contribution in [0.1, 0.15) is 45.6 Å². The van der Waals surface area contributed by atoms with Gasteiger partial charge in [-0.05, 0) is 49.0 Å². The van der Waals surface area contributed by atoms with E-state index in [4.69, 9.17) is 0 Å². The van der Waals surface area contributed by atoms with Crippen molar-refractivity contribution in [2.75, 3.05) is 0 Å². The van der Waals surface area contributed by atoms with Crippen molar-refractivity contribution in [1.82, 2.24) is 0 Å². The maximum atomic E-state index is 9.88. The molecule has 0 amide bonds. The molecule has 2 N–H and O–H groups in total. The fourth-order valence-corrected chi connectivity index (χ4v) is 1.90. The van der Waals surface area contributed by atoms with Crippen LogP contribution in [0, 0.1) is 5.92 Å². The van der Waals surface area contributed by atoms with Crippen LogP contribution < -0.4 is 0 Å². The topological polar surface area (TPSA) is 40.5 Å². The van der Waals surface area contributed by atoms with Crippen molar-refractivity contribution in [1.29, 1.82) is 0 Å². The summed E-state index contributed by atoms with van der Waals surface area (Å²) in [5.74, 6) is 0.652. The van der Waals surface area contributed by atoms with Gasteiger partial charge in [-0.1, -0.05) is 38.5 Å². The third kappa shape index (κ3) is 4.53. The lowest BCUT2D eigenvalue weighted by atomic mass is 9.97. The predicted octanol–water partition coefficient (Wildman–Crippen LogP) is 3.98. The molecule has 0 aliphatic rings. The van der Waals surface area contributed by atoms with Crippen molar-refractivity contribution in [3.63, 3.8) is 0 Å². The number of aliphatic hydroxyl groups is 1.